The van der Waals surface area contributed by atoms with Crippen LogP contribution in [0.4, 0.5) is 30.4 Å². The largest absolute Gasteiger partial charge is 0.494 e. The molecule has 0 aliphatic carbocycles. The van der Waals surface area contributed by atoms with E-state index >= 15 is 0 Å². The minimum absolute atomic E-state index is 0.0477. The maximum absolute atomic E-state index is 13.3. The highest BCUT2D eigenvalue weighted by Crippen LogP contribution is 2.33. The third-order valence-electron chi connectivity index (χ3n) is 3.74. The fourth-order valence-electron chi connectivity index (χ4n) is 2.50. The van der Waals surface area contributed by atoms with Gasteiger partial charge in [-0.3, -0.25) is 9.78 Å². The molecule has 0 unspecified atom stereocenters. The Bertz CT molecular complexity index is 1030. The van der Waals surface area contributed by atoms with Gasteiger partial charge in [0, 0.05) is 42.7 Å². The second-order valence-corrected chi connectivity index (χ2v) is 5.92. The van der Waals surface area contributed by atoms with Crippen molar-refractivity contribution in [3.05, 3.63) is 54.5 Å². The Kier molecular flexibility index (Phi) is 5.62. The maximum Gasteiger partial charge on any atom is 0.433 e. The molecule has 0 bridgehead atoms. The summed E-state index contributed by atoms with van der Waals surface area (Å²) in [6, 6.07) is 8.54. The highest BCUT2D eigenvalue weighted by Gasteiger charge is 2.34. The van der Waals surface area contributed by atoms with Gasteiger partial charge in [0.2, 0.25) is 5.91 Å². The molecule has 0 saturated carbocycles. The lowest BCUT2D eigenvalue weighted by molar-refractivity contribution is -0.141. The van der Waals surface area contributed by atoms with Crippen LogP contribution >= 0.6 is 0 Å². The van der Waals surface area contributed by atoms with Crippen LogP contribution in [0.15, 0.2) is 48.8 Å². The Morgan fingerprint density at radius 2 is 1.79 bits per heavy atom. The predicted octanol–water partition coefficient (Wildman–Crippen LogP) is 4.27. The Hall–Kier alpha value is -3.69. The van der Waals surface area contributed by atoms with Gasteiger partial charge >= 0.3 is 6.18 Å². The number of amides is 1. The van der Waals surface area contributed by atoms with Gasteiger partial charge in [-0.05, 0) is 24.3 Å². The van der Waals surface area contributed by atoms with E-state index in [2.05, 4.69) is 25.6 Å². The molecule has 0 radical (unpaired) electrons. The zero-order valence-electron chi connectivity index (χ0n) is 15.4. The van der Waals surface area contributed by atoms with E-state index < -0.39 is 11.9 Å². The molecule has 29 heavy (non-hydrogen) atoms. The summed E-state index contributed by atoms with van der Waals surface area (Å²) >= 11 is 0. The molecule has 0 saturated heterocycles. The number of halogens is 3. The number of benzene rings is 1. The third kappa shape index (κ3) is 4.98. The second-order valence-electron chi connectivity index (χ2n) is 5.92. The van der Waals surface area contributed by atoms with Gasteiger partial charge in [0.25, 0.3) is 0 Å². The number of alkyl halides is 3. The van der Waals surface area contributed by atoms with Gasteiger partial charge in [-0.15, -0.1) is 0 Å². The molecule has 1 amide bonds. The number of nitrogens with one attached hydrogen (secondary N) is 2. The number of methoxy groups -OCH3 is 1. The lowest BCUT2D eigenvalue weighted by Gasteiger charge is -2.14. The van der Waals surface area contributed by atoms with E-state index in [9.17, 15) is 18.0 Å². The Labute approximate surface area is 164 Å². The number of carbonyl (C=O) groups is 1. The number of rotatable bonds is 5. The molecule has 7 nitrogen and oxygen atoms in total. The summed E-state index contributed by atoms with van der Waals surface area (Å²) in [6.07, 6.45) is -1.76. The Morgan fingerprint density at radius 1 is 1.07 bits per heavy atom. The first-order valence-electron chi connectivity index (χ1n) is 8.35. The van der Waals surface area contributed by atoms with Gasteiger partial charge in [0.1, 0.15) is 11.6 Å². The summed E-state index contributed by atoms with van der Waals surface area (Å²) in [7, 11) is 1.42. The first-order valence-corrected chi connectivity index (χ1v) is 8.35. The number of nitrogens with zero attached hydrogens (tertiary/aromatic N) is 3. The Balaban J connectivity index is 1.99. The molecular formula is C19H16F3N5O2. The number of ether oxygens (including phenoxy) is 1. The highest BCUT2D eigenvalue weighted by atomic mass is 19.4. The van der Waals surface area contributed by atoms with E-state index in [-0.39, 0.29) is 17.5 Å². The number of anilines is 3. The fraction of sp³-hybridized carbons (Fsp3) is 0.158. The van der Waals surface area contributed by atoms with E-state index in [0.29, 0.717) is 22.7 Å². The van der Waals surface area contributed by atoms with Crippen molar-refractivity contribution in [3.63, 3.8) is 0 Å². The average Bonchev–Trinajstić information content (AvgIpc) is 2.68. The van der Waals surface area contributed by atoms with Crippen LogP contribution in [0.2, 0.25) is 0 Å². The second kappa shape index (κ2) is 8.13. The lowest BCUT2D eigenvalue weighted by atomic mass is 10.2. The number of aromatic nitrogens is 3. The first-order chi connectivity index (χ1) is 13.8. The molecule has 2 N–H and O–H groups in total. The van der Waals surface area contributed by atoms with E-state index in [1.807, 2.05) is 0 Å². The van der Waals surface area contributed by atoms with E-state index in [1.54, 1.807) is 12.1 Å². The van der Waals surface area contributed by atoms with Crippen LogP contribution in [0.1, 0.15) is 12.6 Å². The zero-order valence-corrected chi connectivity index (χ0v) is 15.4. The summed E-state index contributed by atoms with van der Waals surface area (Å²) in [5.74, 6) is -0.0821. The SMILES string of the molecule is COc1cc(Nc2cc(C(F)(F)F)nc(-c3ccncc3)n2)ccc1NC(C)=O. The molecule has 0 fully saturated rings. The summed E-state index contributed by atoms with van der Waals surface area (Å²) < 4.78 is 45.1. The lowest BCUT2D eigenvalue weighted by Crippen LogP contribution is -2.11. The van der Waals surface area contributed by atoms with Crippen LogP contribution in [0.3, 0.4) is 0 Å². The standard InChI is InChI=1S/C19H16F3N5O2/c1-11(28)24-14-4-3-13(9-15(14)29-2)25-17-10-16(19(20,21)22)26-18(27-17)12-5-7-23-8-6-12/h3-10H,1-2H3,(H,24,28)(H,25,26,27). The van der Waals surface area contributed by atoms with Crippen molar-refractivity contribution in [2.45, 2.75) is 13.1 Å². The quantitative estimate of drug-likeness (QED) is 0.662. The van der Waals surface area contributed by atoms with Crippen LogP contribution in [0.5, 0.6) is 5.75 Å². The molecular weight excluding hydrogens is 387 g/mol. The van der Waals surface area contributed by atoms with Crippen molar-refractivity contribution < 1.29 is 22.7 Å². The van der Waals surface area contributed by atoms with Crippen LogP contribution in [0.25, 0.3) is 11.4 Å². The van der Waals surface area contributed by atoms with Crippen molar-refractivity contribution in [1.29, 1.82) is 0 Å². The minimum Gasteiger partial charge on any atom is -0.494 e. The maximum atomic E-state index is 13.3. The highest BCUT2D eigenvalue weighted by molar-refractivity contribution is 5.91. The van der Waals surface area contributed by atoms with Crippen molar-refractivity contribution in [3.8, 4) is 17.1 Å². The Morgan fingerprint density at radius 3 is 2.41 bits per heavy atom. The molecule has 0 aliphatic rings. The summed E-state index contributed by atoms with van der Waals surface area (Å²) in [5, 5.41) is 5.43. The number of carbonyl (C=O) groups excluding carboxylic acids is 1. The molecule has 10 heteroatoms. The van der Waals surface area contributed by atoms with Gasteiger partial charge in [0.05, 0.1) is 12.8 Å². The molecule has 0 spiro atoms. The molecule has 1 aromatic carbocycles. The van der Waals surface area contributed by atoms with Crippen LogP contribution < -0.4 is 15.4 Å². The number of hydrogen-bond acceptors (Lipinski definition) is 6. The van der Waals surface area contributed by atoms with Gasteiger partial charge in [0.15, 0.2) is 11.5 Å². The monoisotopic (exact) mass is 403 g/mol. The molecule has 3 aromatic rings. The minimum atomic E-state index is -4.64. The van der Waals surface area contributed by atoms with E-state index in [0.717, 1.165) is 6.07 Å². The predicted molar refractivity (Wildman–Crippen MR) is 101 cm³/mol. The average molecular weight is 403 g/mol. The van der Waals surface area contributed by atoms with Gasteiger partial charge in [-0.25, -0.2) is 9.97 Å². The summed E-state index contributed by atoms with van der Waals surface area (Å²) in [5.41, 5.74) is 0.168. The molecule has 2 heterocycles. The van der Waals surface area contributed by atoms with Gasteiger partial charge in [-0.1, -0.05) is 0 Å². The molecule has 0 atom stereocenters. The first kappa shape index (κ1) is 20.1. The van der Waals surface area contributed by atoms with Gasteiger partial charge in [-0.2, -0.15) is 13.2 Å². The number of hydrogen-bond donors (Lipinski definition) is 2. The third-order valence-corrected chi connectivity index (χ3v) is 3.74. The van der Waals surface area contributed by atoms with Crippen molar-refractivity contribution in [2.24, 2.45) is 0 Å². The van der Waals surface area contributed by atoms with Crippen LogP contribution in [0, 0.1) is 0 Å². The van der Waals surface area contributed by atoms with E-state index in [4.69, 9.17) is 4.74 Å². The summed E-state index contributed by atoms with van der Waals surface area (Å²) in [6.45, 7) is 1.35. The van der Waals surface area contributed by atoms with Crippen LogP contribution in [-0.4, -0.2) is 28.0 Å². The topological polar surface area (TPSA) is 89.0 Å². The van der Waals surface area contributed by atoms with E-state index in [1.165, 1.54) is 44.6 Å². The smallest absolute Gasteiger partial charge is 0.433 e. The van der Waals surface area contributed by atoms with Crippen molar-refractivity contribution in [2.75, 3.05) is 17.7 Å². The fourth-order valence-corrected chi connectivity index (χ4v) is 2.50. The molecule has 3 rings (SSSR count). The van der Waals surface area contributed by atoms with Crippen LogP contribution in [-0.2, 0) is 11.0 Å². The zero-order chi connectivity index (χ0) is 21.0. The van der Waals surface area contributed by atoms with Gasteiger partial charge < -0.3 is 15.4 Å². The normalized spacial score (nSPS) is 11.1. The molecule has 150 valence electrons. The summed E-state index contributed by atoms with van der Waals surface area (Å²) in [4.78, 5) is 22.9. The molecule has 2 aromatic heterocycles. The molecule has 0 aliphatic heterocycles. The number of pyridine rings is 1. The van der Waals surface area contributed by atoms with Crippen molar-refractivity contribution >= 4 is 23.1 Å². The van der Waals surface area contributed by atoms with Crippen molar-refractivity contribution in [1.82, 2.24) is 15.0 Å².